The topological polar surface area (TPSA) is 29.1 Å². The van der Waals surface area contributed by atoms with Crippen LogP contribution in [0.4, 0.5) is 0 Å². The van der Waals surface area contributed by atoms with Gasteiger partial charge in [-0.25, -0.2) is 5.11 Å². The van der Waals surface area contributed by atoms with Crippen molar-refractivity contribution in [2.45, 2.75) is 26.9 Å². The number of hydrogen-bond donors (Lipinski definition) is 0. The zero-order chi connectivity index (χ0) is 7.49. The Labute approximate surface area is 56.8 Å². The van der Waals surface area contributed by atoms with Gasteiger partial charge in [-0.2, -0.15) is 0 Å². The van der Waals surface area contributed by atoms with Crippen LogP contribution in [-0.2, 0) is 9.84 Å². The van der Waals surface area contributed by atoms with Crippen LogP contribution >= 0.6 is 0 Å². The van der Waals surface area contributed by atoms with E-state index in [1.54, 1.807) is 7.11 Å². The van der Waals surface area contributed by atoms with Gasteiger partial charge in [0.15, 0.2) is 0 Å². The maximum atomic E-state index is 11.0. The molecule has 0 rings (SSSR count). The first-order chi connectivity index (χ1) is 3.98. The summed E-state index contributed by atoms with van der Waals surface area (Å²) in [7, 11) is 1.55. The molecule has 0 aliphatic rings. The van der Waals surface area contributed by atoms with Crippen LogP contribution in [0.3, 0.4) is 0 Å². The van der Waals surface area contributed by atoms with Gasteiger partial charge in [0, 0.05) is 7.11 Å². The lowest BCUT2D eigenvalue weighted by atomic mass is 9.90. The zero-order valence-electron chi connectivity index (χ0n) is 6.60. The molecule has 0 N–H and O–H groups in total. The molecule has 0 aliphatic heterocycles. The number of rotatable bonds is 2. The minimum atomic E-state index is -0.609. The summed E-state index contributed by atoms with van der Waals surface area (Å²) in [5, 5.41) is 11.0. The van der Waals surface area contributed by atoms with Gasteiger partial charge < -0.3 is 4.74 Å². The summed E-state index contributed by atoms with van der Waals surface area (Å²) < 4.78 is 4.72. The lowest BCUT2D eigenvalue weighted by molar-refractivity contribution is -0.0493. The van der Waals surface area contributed by atoms with Crippen LogP contribution in [0.25, 0.3) is 0 Å². The molecule has 9 heavy (non-hydrogen) atoms. The fourth-order valence-electron chi connectivity index (χ4n) is 0.401. The Kier molecular flexibility index (Phi) is 3.15. The van der Waals surface area contributed by atoms with E-state index in [4.69, 9.17) is 4.74 Å². The second-order valence-electron chi connectivity index (χ2n) is 3.31. The van der Waals surface area contributed by atoms with Crippen molar-refractivity contribution in [3.05, 3.63) is 0 Å². The van der Waals surface area contributed by atoms with E-state index in [0.29, 0.717) is 6.61 Å². The summed E-state index contributed by atoms with van der Waals surface area (Å²) in [5.41, 5.74) is -0.171. The number of ether oxygens (including phenoxy) is 1. The van der Waals surface area contributed by atoms with E-state index >= 15 is 0 Å². The van der Waals surface area contributed by atoms with Crippen molar-refractivity contribution in [1.82, 2.24) is 0 Å². The van der Waals surface area contributed by atoms with Crippen LogP contribution in [0.15, 0.2) is 0 Å². The Morgan fingerprint density at radius 3 is 2.00 bits per heavy atom. The first kappa shape index (κ1) is 8.92. The minimum Gasteiger partial charge on any atom is -0.382 e. The Morgan fingerprint density at radius 1 is 1.44 bits per heavy atom. The average Bonchev–Trinajstić information content (AvgIpc) is 1.64. The molecular formula is C7H15O2. The summed E-state index contributed by atoms with van der Waals surface area (Å²) in [6.07, 6.45) is -0.609. The van der Waals surface area contributed by atoms with Gasteiger partial charge in [0.1, 0.15) is 6.10 Å². The van der Waals surface area contributed by atoms with Crippen LogP contribution in [0.1, 0.15) is 20.8 Å². The molecule has 0 aromatic heterocycles. The lowest BCUT2D eigenvalue weighted by Gasteiger charge is -2.22. The van der Waals surface area contributed by atoms with Crippen LogP contribution < -0.4 is 0 Å². The number of methoxy groups -OCH3 is 1. The van der Waals surface area contributed by atoms with Gasteiger partial charge in [0.25, 0.3) is 0 Å². The molecule has 2 nitrogen and oxygen atoms in total. The Morgan fingerprint density at radius 2 is 1.89 bits per heavy atom. The minimum absolute atomic E-state index is 0.171. The quantitative estimate of drug-likeness (QED) is 0.558. The highest BCUT2D eigenvalue weighted by molar-refractivity contribution is 4.70. The average molecular weight is 131 g/mol. The van der Waals surface area contributed by atoms with E-state index in [9.17, 15) is 5.11 Å². The van der Waals surface area contributed by atoms with E-state index in [1.165, 1.54) is 0 Å². The standard InChI is InChI=1S/C7H15O2/c1-7(2,3)6(8)5-9-4/h6H,5H2,1-4H3. The van der Waals surface area contributed by atoms with Crippen LogP contribution in [0.5, 0.6) is 0 Å². The molecule has 0 fully saturated rings. The molecule has 1 atom stereocenters. The summed E-state index contributed by atoms with van der Waals surface area (Å²) in [5.74, 6) is 0. The molecule has 0 bridgehead atoms. The van der Waals surface area contributed by atoms with E-state index < -0.39 is 6.10 Å². The van der Waals surface area contributed by atoms with Gasteiger partial charge in [-0.15, -0.1) is 0 Å². The highest BCUT2D eigenvalue weighted by atomic mass is 16.5. The zero-order valence-corrected chi connectivity index (χ0v) is 6.60. The van der Waals surface area contributed by atoms with Gasteiger partial charge in [-0.05, 0) is 5.41 Å². The SMILES string of the molecule is COCC([O])C(C)(C)C. The fourth-order valence-corrected chi connectivity index (χ4v) is 0.401. The van der Waals surface area contributed by atoms with Gasteiger partial charge in [0.05, 0.1) is 6.61 Å². The molecule has 0 heterocycles. The smallest absolute Gasteiger partial charge is 0.121 e. The predicted octanol–water partition coefficient (Wildman–Crippen LogP) is 1.48. The van der Waals surface area contributed by atoms with Gasteiger partial charge in [-0.1, -0.05) is 20.8 Å². The first-order valence-corrected chi connectivity index (χ1v) is 3.13. The third-order valence-corrected chi connectivity index (χ3v) is 1.28. The largest absolute Gasteiger partial charge is 0.382 e. The molecule has 0 saturated heterocycles. The van der Waals surface area contributed by atoms with Crippen molar-refractivity contribution in [2.24, 2.45) is 5.41 Å². The van der Waals surface area contributed by atoms with E-state index in [-0.39, 0.29) is 5.41 Å². The molecule has 55 valence electrons. The maximum Gasteiger partial charge on any atom is 0.121 e. The van der Waals surface area contributed by atoms with Crippen molar-refractivity contribution in [3.8, 4) is 0 Å². The molecule has 0 saturated carbocycles. The summed E-state index contributed by atoms with van der Waals surface area (Å²) in [6.45, 7) is 6.07. The van der Waals surface area contributed by atoms with E-state index in [2.05, 4.69) is 0 Å². The highest BCUT2D eigenvalue weighted by Crippen LogP contribution is 2.19. The Hall–Kier alpha value is -0.0800. The third-order valence-electron chi connectivity index (χ3n) is 1.28. The van der Waals surface area contributed by atoms with Gasteiger partial charge in [0.2, 0.25) is 0 Å². The summed E-state index contributed by atoms with van der Waals surface area (Å²) in [4.78, 5) is 0. The molecule has 2 heteroatoms. The Bertz CT molecular complexity index is 73.5. The molecule has 0 aromatic rings. The molecule has 0 aliphatic carbocycles. The molecule has 0 aromatic carbocycles. The molecule has 1 radical (unpaired) electrons. The lowest BCUT2D eigenvalue weighted by Crippen LogP contribution is -2.28. The van der Waals surface area contributed by atoms with Gasteiger partial charge in [-0.3, -0.25) is 0 Å². The second-order valence-corrected chi connectivity index (χ2v) is 3.31. The van der Waals surface area contributed by atoms with Crippen molar-refractivity contribution < 1.29 is 9.84 Å². The van der Waals surface area contributed by atoms with E-state index in [0.717, 1.165) is 0 Å². The Balaban J connectivity index is 3.59. The fraction of sp³-hybridized carbons (Fsp3) is 1.00. The molecular weight excluding hydrogens is 116 g/mol. The van der Waals surface area contributed by atoms with Crippen molar-refractivity contribution in [1.29, 1.82) is 0 Å². The molecule has 0 spiro atoms. The number of hydrogen-bond acceptors (Lipinski definition) is 1. The second kappa shape index (κ2) is 3.18. The predicted molar refractivity (Wildman–Crippen MR) is 35.8 cm³/mol. The molecule has 1 unspecified atom stereocenters. The van der Waals surface area contributed by atoms with E-state index in [1.807, 2.05) is 20.8 Å². The van der Waals surface area contributed by atoms with Crippen molar-refractivity contribution in [3.63, 3.8) is 0 Å². The van der Waals surface area contributed by atoms with Crippen LogP contribution in [-0.4, -0.2) is 19.8 Å². The van der Waals surface area contributed by atoms with Crippen molar-refractivity contribution in [2.75, 3.05) is 13.7 Å². The third kappa shape index (κ3) is 3.49. The van der Waals surface area contributed by atoms with Crippen molar-refractivity contribution >= 4 is 0 Å². The maximum absolute atomic E-state index is 11.0. The highest BCUT2D eigenvalue weighted by Gasteiger charge is 2.23. The summed E-state index contributed by atoms with van der Waals surface area (Å²) in [6, 6.07) is 0. The normalized spacial score (nSPS) is 15.7. The monoisotopic (exact) mass is 131 g/mol. The molecule has 0 amide bonds. The summed E-state index contributed by atoms with van der Waals surface area (Å²) >= 11 is 0. The van der Waals surface area contributed by atoms with Crippen LogP contribution in [0.2, 0.25) is 0 Å². The first-order valence-electron chi connectivity index (χ1n) is 3.13. The van der Waals surface area contributed by atoms with Gasteiger partial charge >= 0.3 is 0 Å². The van der Waals surface area contributed by atoms with Crippen LogP contribution in [0, 0.1) is 5.41 Å².